The van der Waals surface area contributed by atoms with Gasteiger partial charge in [0.2, 0.25) is 0 Å². The largest absolute Gasteiger partial charge is 0.382 e. The van der Waals surface area contributed by atoms with Gasteiger partial charge in [-0.3, -0.25) is 14.9 Å². The minimum Gasteiger partial charge on any atom is -0.382 e. The summed E-state index contributed by atoms with van der Waals surface area (Å²) in [6.45, 7) is 0.755. The van der Waals surface area contributed by atoms with Crippen molar-refractivity contribution in [1.82, 2.24) is 5.32 Å². The summed E-state index contributed by atoms with van der Waals surface area (Å²) in [7, 11) is 0. The van der Waals surface area contributed by atoms with Gasteiger partial charge >= 0.3 is 0 Å². The smallest absolute Gasteiger partial charge is 0.271 e. The number of anilines is 1. The van der Waals surface area contributed by atoms with Gasteiger partial charge in [0, 0.05) is 25.2 Å². The molecule has 120 valence electrons. The summed E-state index contributed by atoms with van der Waals surface area (Å²) in [5.41, 5.74) is 0.888. The second kappa shape index (κ2) is 7.80. The first-order valence-electron chi connectivity index (χ1n) is 6.69. The van der Waals surface area contributed by atoms with Crippen molar-refractivity contribution in [2.75, 3.05) is 18.4 Å². The van der Waals surface area contributed by atoms with Gasteiger partial charge in [-0.1, -0.05) is 35.3 Å². The van der Waals surface area contributed by atoms with Crippen molar-refractivity contribution >= 4 is 40.5 Å². The molecule has 0 aliphatic rings. The van der Waals surface area contributed by atoms with Crippen LogP contribution in [0.25, 0.3) is 0 Å². The van der Waals surface area contributed by atoms with Crippen LogP contribution in [-0.2, 0) is 0 Å². The molecule has 1 amide bonds. The lowest BCUT2D eigenvalue weighted by Crippen LogP contribution is -2.29. The zero-order valence-electron chi connectivity index (χ0n) is 11.9. The number of amides is 1. The highest BCUT2D eigenvalue weighted by molar-refractivity contribution is 6.34. The first kappa shape index (κ1) is 17.1. The standard InChI is InChI=1S/C15H13Cl2N3O3/c16-12-4-2-1-3-11(12)15(21)19-8-7-18-14-6-5-10(20(22)23)9-13(14)17/h1-6,9,18H,7-8H2,(H,19,21). The lowest BCUT2D eigenvalue weighted by molar-refractivity contribution is -0.384. The molecule has 8 heteroatoms. The zero-order chi connectivity index (χ0) is 16.8. The minimum atomic E-state index is -0.514. The van der Waals surface area contributed by atoms with Crippen molar-refractivity contribution < 1.29 is 9.72 Å². The monoisotopic (exact) mass is 353 g/mol. The van der Waals surface area contributed by atoms with Crippen LogP contribution in [0.5, 0.6) is 0 Å². The second-order valence-corrected chi connectivity index (χ2v) is 5.40. The summed E-state index contributed by atoms with van der Waals surface area (Å²) in [6, 6.07) is 10.9. The van der Waals surface area contributed by atoms with Gasteiger partial charge in [0.25, 0.3) is 11.6 Å². The average molecular weight is 354 g/mol. The summed E-state index contributed by atoms with van der Waals surface area (Å²) in [5.74, 6) is -0.271. The minimum absolute atomic E-state index is 0.0763. The molecular formula is C15H13Cl2N3O3. The van der Waals surface area contributed by atoms with Crippen molar-refractivity contribution in [3.63, 3.8) is 0 Å². The van der Waals surface area contributed by atoms with Crippen LogP contribution in [0.15, 0.2) is 42.5 Å². The van der Waals surface area contributed by atoms with Crippen LogP contribution in [0.3, 0.4) is 0 Å². The van der Waals surface area contributed by atoms with E-state index in [9.17, 15) is 14.9 Å². The van der Waals surface area contributed by atoms with Gasteiger partial charge in [-0.05, 0) is 18.2 Å². The molecule has 0 radical (unpaired) electrons. The van der Waals surface area contributed by atoms with Gasteiger partial charge in [0.05, 0.1) is 26.2 Å². The number of non-ortho nitro benzene ring substituents is 1. The van der Waals surface area contributed by atoms with Crippen LogP contribution in [0.4, 0.5) is 11.4 Å². The molecule has 0 aliphatic carbocycles. The predicted molar refractivity (Wildman–Crippen MR) is 90.4 cm³/mol. The Balaban J connectivity index is 1.85. The number of halogens is 2. The lowest BCUT2D eigenvalue weighted by Gasteiger charge is -2.10. The number of benzene rings is 2. The number of nitro benzene ring substituents is 1. The van der Waals surface area contributed by atoms with Crippen molar-refractivity contribution in [2.45, 2.75) is 0 Å². The number of carbonyl (C=O) groups excluding carboxylic acids is 1. The van der Waals surface area contributed by atoms with Crippen LogP contribution >= 0.6 is 23.2 Å². The molecule has 0 atom stereocenters. The molecule has 6 nitrogen and oxygen atoms in total. The summed E-state index contributed by atoms with van der Waals surface area (Å²) < 4.78 is 0. The van der Waals surface area contributed by atoms with E-state index in [4.69, 9.17) is 23.2 Å². The zero-order valence-corrected chi connectivity index (χ0v) is 13.4. The van der Waals surface area contributed by atoms with E-state index in [-0.39, 0.29) is 16.6 Å². The maximum atomic E-state index is 11.9. The molecule has 2 aromatic carbocycles. The Hall–Kier alpha value is -2.31. The molecule has 0 aliphatic heterocycles. The SMILES string of the molecule is O=C(NCCNc1ccc([N+](=O)[O-])cc1Cl)c1ccccc1Cl. The molecule has 2 rings (SSSR count). The number of nitrogens with one attached hydrogen (secondary N) is 2. The topological polar surface area (TPSA) is 84.3 Å². The summed E-state index contributed by atoms with van der Waals surface area (Å²) >= 11 is 11.9. The first-order valence-corrected chi connectivity index (χ1v) is 7.45. The molecule has 2 aromatic rings. The number of hydrogen-bond donors (Lipinski definition) is 2. The molecule has 0 unspecified atom stereocenters. The summed E-state index contributed by atoms with van der Waals surface area (Å²) in [4.78, 5) is 22.1. The number of rotatable bonds is 6. The molecule has 23 heavy (non-hydrogen) atoms. The third-order valence-corrected chi connectivity index (χ3v) is 3.65. The fraction of sp³-hybridized carbons (Fsp3) is 0.133. The van der Waals surface area contributed by atoms with Gasteiger partial charge in [0.15, 0.2) is 0 Å². The molecule has 0 aromatic heterocycles. The predicted octanol–water partition coefficient (Wildman–Crippen LogP) is 3.74. The van der Waals surface area contributed by atoms with Crippen molar-refractivity contribution in [3.8, 4) is 0 Å². The molecule has 0 saturated heterocycles. The fourth-order valence-corrected chi connectivity index (χ4v) is 2.34. The lowest BCUT2D eigenvalue weighted by atomic mass is 10.2. The van der Waals surface area contributed by atoms with Gasteiger partial charge in [0.1, 0.15) is 0 Å². The van der Waals surface area contributed by atoms with Crippen molar-refractivity contribution in [1.29, 1.82) is 0 Å². The summed E-state index contributed by atoms with van der Waals surface area (Å²) in [5, 5.41) is 17.0. The third kappa shape index (κ3) is 4.58. The number of hydrogen-bond acceptors (Lipinski definition) is 4. The van der Waals surface area contributed by atoms with Crippen molar-refractivity contribution in [2.24, 2.45) is 0 Å². The maximum Gasteiger partial charge on any atom is 0.271 e. The van der Waals surface area contributed by atoms with E-state index in [1.807, 2.05) is 0 Å². The highest BCUT2D eigenvalue weighted by Gasteiger charge is 2.10. The van der Waals surface area contributed by atoms with E-state index in [1.54, 1.807) is 24.3 Å². The Kier molecular flexibility index (Phi) is 5.78. The molecule has 0 fully saturated rings. The number of nitro groups is 1. The van der Waals surface area contributed by atoms with Gasteiger partial charge in [-0.15, -0.1) is 0 Å². The Morgan fingerprint density at radius 1 is 1.09 bits per heavy atom. The molecule has 2 N–H and O–H groups in total. The quantitative estimate of drug-likeness (QED) is 0.470. The van der Waals surface area contributed by atoms with Crippen LogP contribution in [0, 0.1) is 10.1 Å². The van der Waals surface area contributed by atoms with Crippen LogP contribution in [0.1, 0.15) is 10.4 Å². The van der Waals surface area contributed by atoms with E-state index in [2.05, 4.69) is 10.6 Å². The fourth-order valence-electron chi connectivity index (χ4n) is 1.87. The molecule has 0 heterocycles. The molecular weight excluding hydrogens is 341 g/mol. The number of carbonyl (C=O) groups is 1. The first-order chi connectivity index (χ1) is 11.0. The maximum absolute atomic E-state index is 11.9. The highest BCUT2D eigenvalue weighted by atomic mass is 35.5. The summed E-state index contributed by atoms with van der Waals surface area (Å²) in [6.07, 6.45) is 0. The van der Waals surface area contributed by atoms with Crippen LogP contribution in [0.2, 0.25) is 10.0 Å². The van der Waals surface area contributed by atoms with Gasteiger partial charge in [-0.2, -0.15) is 0 Å². The van der Waals surface area contributed by atoms with E-state index >= 15 is 0 Å². The number of nitrogens with zero attached hydrogens (tertiary/aromatic N) is 1. The van der Waals surface area contributed by atoms with Crippen molar-refractivity contribution in [3.05, 3.63) is 68.2 Å². The molecule has 0 saturated carbocycles. The van der Waals surface area contributed by atoms with E-state index in [0.29, 0.717) is 29.4 Å². The van der Waals surface area contributed by atoms with E-state index < -0.39 is 4.92 Å². The molecule has 0 spiro atoms. The van der Waals surface area contributed by atoms with Gasteiger partial charge in [-0.25, -0.2) is 0 Å². The average Bonchev–Trinajstić information content (AvgIpc) is 2.52. The molecule has 0 bridgehead atoms. The normalized spacial score (nSPS) is 10.2. The Bertz CT molecular complexity index is 738. The van der Waals surface area contributed by atoms with E-state index in [1.165, 1.54) is 18.2 Å². The third-order valence-electron chi connectivity index (χ3n) is 3.01. The van der Waals surface area contributed by atoms with E-state index in [0.717, 1.165) is 0 Å². The highest BCUT2D eigenvalue weighted by Crippen LogP contribution is 2.26. The van der Waals surface area contributed by atoms with Gasteiger partial charge < -0.3 is 10.6 Å². The van der Waals surface area contributed by atoms with Crippen LogP contribution in [-0.4, -0.2) is 23.9 Å². The Labute approximate surface area is 142 Å². The Morgan fingerprint density at radius 3 is 2.48 bits per heavy atom. The second-order valence-electron chi connectivity index (χ2n) is 4.58. The Morgan fingerprint density at radius 2 is 1.83 bits per heavy atom. The van der Waals surface area contributed by atoms with Crippen LogP contribution < -0.4 is 10.6 Å².